The fourth-order valence-corrected chi connectivity index (χ4v) is 4.54. The van der Waals surface area contributed by atoms with E-state index in [1.807, 2.05) is 0 Å². The highest BCUT2D eigenvalue weighted by Gasteiger charge is 2.43. The van der Waals surface area contributed by atoms with Gasteiger partial charge < -0.3 is 4.90 Å². The average molecular weight is 483 g/mol. The van der Waals surface area contributed by atoms with Gasteiger partial charge in [0, 0.05) is 29.9 Å². The fraction of sp³-hybridized carbons (Fsp3) is 0.286. The zero-order valence-electron chi connectivity index (χ0n) is 16.8. The first-order chi connectivity index (χ1) is 14.5. The monoisotopic (exact) mass is 482 g/mol. The van der Waals surface area contributed by atoms with Gasteiger partial charge in [-0.05, 0) is 36.2 Å². The first-order valence-electron chi connectivity index (χ1n) is 9.33. The van der Waals surface area contributed by atoms with E-state index in [0.29, 0.717) is 15.6 Å². The lowest BCUT2D eigenvalue weighted by molar-refractivity contribution is -0.134. The van der Waals surface area contributed by atoms with E-state index >= 15 is 0 Å². The topological polar surface area (TPSA) is 91.8 Å². The van der Waals surface area contributed by atoms with Gasteiger partial charge in [0.2, 0.25) is 5.91 Å². The molecule has 10 heteroatoms. The standard InChI is InChI=1S/C21H20Cl2N2O5S/c1-24(12-13-7-8-14(22)11-17(13)23)21(28)18(9-10-31(2,29)30)25-19(26)15-5-3-4-6-16(15)20(25)27/h3-8,11,18H,9-10,12H2,1-2H3. The van der Waals surface area contributed by atoms with E-state index in [9.17, 15) is 22.8 Å². The number of hydrogen-bond acceptors (Lipinski definition) is 5. The van der Waals surface area contributed by atoms with Crippen LogP contribution in [0.3, 0.4) is 0 Å². The molecule has 0 aromatic heterocycles. The number of fused-ring (bicyclic) bond motifs is 1. The van der Waals surface area contributed by atoms with Gasteiger partial charge in [-0.25, -0.2) is 8.42 Å². The highest BCUT2D eigenvalue weighted by atomic mass is 35.5. The highest BCUT2D eigenvalue weighted by Crippen LogP contribution is 2.27. The Balaban J connectivity index is 1.90. The van der Waals surface area contributed by atoms with Gasteiger partial charge >= 0.3 is 0 Å². The molecular weight excluding hydrogens is 463 g/mol. The number of rotatable bonds is 7. The van der Waals surface area contributed by atoms with Crippen LogP contribution in [0.25, 0.3) is 0 Å². The van der Waals surface area contributed by atoms with E-state index in [0.717, 1.165) is 11.2 Å². The minimum Gasteiger partial charge on any atom is -0.340 e. The largest absolute Gasteiger partial charge is 0.340 e. The summed E-state index contributed by atoms with van der Waals surface area (Å²) in [4.78, 5) is 41.3. The highest BCUT2D eigenvalue weighted by molar-refractivity contribution is 7.90. The van der Waals surface area contributed by atoms with Crippen molar-refractivity contribution >= 4 is 50.8 Å². The van der Waals surface area contributed by atoms with Crippen LogP contribution in [0.1, 0.15) is 32.7 Å². The summed E-state index contributed by atoms with van der Waals surface area (Å²) in [5, 5.41) is 0.806. The van der Waals surface area contributed by atoms with E-state index in [-0.39, 0.29) is 29.8 Å². The van der Waals surface area contributed by atoms with E-state index in [2.05, 4.69) is 0 Å². The van der Waals surface area contributed by atoms with Crippen molar-refractivity contribution in [3.8, 4) is 0 Å². The smallest absolute Gasteiger partial charge is 0.262 e. The molecular formula is C21H20Cl2N2O5S. The van der Waals surface area contributed by atoms with Crippen molar-refractivity contribution in [2.45, 2.75) is 19.0 Å². The van der Waals surface area contributed by atoms with Gasteiger partial charge in [-0.15, -0.1) is 0 Å². The lowest BCUT2D eigenvalue weighted by Gasteiger charge is -2.29. The number of carbonyl (C=O) groups is 3. The lowest BCUT2D eigenvalue weighted by atomic mass is 10.1. The Morgan fingerprint density at radius 1 is 1.06 bits per heavy atom. The number of benzene rings is 2. The number of nitrogens with zero attached hydrogens (tertiary/aromatic N) is 2. The Morgan fingerprint density at radius 3 is 2.16 bits per heavy atom. The van der Waals surface area contributed by atoms with Crippen molar-refractivity contribution in [2.75, 3.05) is 19.1 Å². The Bertz CT molecular complexity index is 1130. The maximum absolute atomic E-state index is 13.3. The van der Waals surface area contributed by atoms with E-state index in [4.69, 9.17) is 23.2 Å². The molecule has 2 aromatic carbocycles. The van der Waals surface area contributed by atoms with Gasteiger partial charge in [-0.2, -0.15) is 0 Å². The molecule has 1 heterocycles. The van der Waals surface area contributed by atoms with Gasteiger partial charge in [0.25, 0.3) is 11.8 Å². The number of carbonyl (C=O) groups excluding carboxylic acids is 3. The molecule has 3 amide bonds. The number of sulfone groups is 1. The number of likely N-dealkylation sites (N-methyl/N-ethyl adjacent to an activating group) is 1. The SMILES string of the molecule is CN(Cc1ccc(Cl)cc1Cl)C(=O)C(CCS(C)(=O)=O)N1C(=O)c2ccccc2C1=O. The van der Waals surface area contributed by atoms with E-state index < -0.39 is 33.6 Å². The van der Waals surface area contributed by atoms with Crippen molar-refractivity contribution in [1.82, 2.24) is 9.80 Å². The Hall–Kier alpha value is -2.42. The average Bonchev–Trinajstić information content (AvgIpc) is 2.94. The number of halogens is 2. The summed E-state index contributed by atoms with van der Waals surface area (Å²) in [5.41, 5.74) is 0.993. The quantitative estimate of drug-likeness (QED) is 0.565. The van der Waals surface area contributed by atoms with Crippen LogP contribution >= 0.6 is 23.2 Å². The Kier molecular flexibility index (Phi) is 6.73. The molecule has 31 heavy (non-hydrogen) atoms. The second-order valence-corrected chi connectivity index (χ2v) is 10.5. The molecule has 0 radical (unpaired) electrons. The van der Waals surface area contributed by atoms with Gasteiger partial charge in [-0.3, -0.25) is 19.3 Å². The van der Waals surface area contributed by atoms with Crippen LogP contribution in [0.15, 0.2) is 42.5 Å². The number of imide groups is 1. The van der Waals surface area contributed by atoms with Crippen LogP contribution in [0.4, 0.5) is 0 Å². The van der Waals surface area contributed by atoms with E-state index in [1.54, 1.807) is 30.3 Å². The van der Waals surface area contributed by atoms with Gasteiger partial charge in [0.05, 0.1) is 16.9 Å². The van der Waals surface area contributed by atoms with Crippen LogP contribution in [-0.4, -0.2) is 61.0 Å². The molecule has 3 rings (SSSR count). The summed E-state index contributed by atoms with van der Waals surface area (Å²) < 4.78 is 23.5. The summed E-state index contributed by atoms with van der Waals surface area (Å²) in [6.45, 7) is 0.0907. The van der Waals surface area contributed by atoms with Crippen molar-refractivity contribution in [3.05, 3.63) is 69.2 Å². The molecule has 0 fully saturated rings. The number of hydrogen-bond donors (Lipinski definition) is 0. The summed E-state index contributed by atoms with van der Waals surface area (Å²) in [6, 6.07) is 9.83. The first kappa shape index (κ1) is 23.2. The molecule has 1 aliphatic heterocycles. The molecule has 0 saturated heterocycles. The van der Waals surface area contributed by atoms with Crippen LogP contribution in [0.2, 0.25) is 10.0 Å². The normalized spacial score (nSPS) is 14.5. The van der Waals surface area contributed by atoms with Crippen molar-refractivity contribution in [1.29, 1.82) is 0 Å². The lowest BCUT2D eigenvalue weighted by Crippen LogP contribution is -2.50. The van der Waals surface area contributed by atoms with Crippen LogP contribution in [0, 0.1) is 0 Å². The van der Waals surface area contributed by atoms with Gasteiger partial charge in [0.1, 0.15) is 15.9 Å². The molecule has 1 unspecified atom stereocenters. The van der Waals surface area contributed by atoms with Crippen molar-refractivity contribution in [2.24, 2.45) is 0 Å². The third-order valence-corrected chi connectivity index (χ3v) is 6.55. The molecule has 0 saturated carbocycles. The van der Waals surface area contributed by atoms with Crippen molar-refractivity contribution < 1.29 is 22.8 Å². The molecule has 0 bridgehead atoms. The first-order valence-corrected chi connectivity index (χ1v) is 12.1. The molecule has 0 N–H and O–H groups in total. The third-order valence-electron chi connectivity index (χ3n) is 4.98. The fourth-order valence-electron chi connectivity index (χ4n) is 3.42. The molecule has 164 valence electrons. The maximum atomic E-state index is 13.3. The van der Waals surface area contributed by atoms with Crippen LogP contribution in [0.5, 0.6) is 0 Å². The zero-order valence-corrected chi connectivity index (χ0v) is 19.2. The van der Waals surface area contributed by atoms with Crippen LogP contribution in [-0.2, 0) is 21.2 Å². The predicted molar refractivity (Wildman–Crippen MR) is 118 cm³/mol. The summed E-state index contributed by atoms with van der Waals surface area (Å²) in [7, 11) is -1.94. The zero-order chi connectivity index (χ0) is 22.9. The molecule has 0 spiro atoms. The molecule has 1 atom stereocenters. The minimum atomic E-state index is -3.44. The maximum Gasteiger partial charge on any atom is 0.262 e. The molecule has 2 aromatic rings. The van der Waals surface area contributed by atoms with Crippen LogP contribution < -0.4 is 0 Å². The minimum absolute atomic E-state index is 0.0907. The van der Waals surface area contributed by atoms with Crippen molar-refractivity contribution in [3.63, 3.8) is 0 Å². The predicted octanol–water partition coefficient (Wildman–Crippen LogP) is 3.05. The second kappa shape index (κ2) is 8.98. The van der Waals surface area contributed by atoms with E-state index in [1.165, 1.54) is 24.1 Å². The van der Waals surface area contributed by atoms with Gasteiger partial charge in [-0.1, -0.05) is 41.4 Å². The molecule has 0 aliphatic carbocycles. The molecule has 1 aliphatic rings. The Labute approximate surface area is 190 Å². The summed E-state index contributed by atoms with van der Waals surface area (Å²) in [6.07, 6.45) is 0.829. The van der Waals surface area contributed by atoms with Gasteiger partial charge in [0.15, 0.2) is 0 Å². The Morgan fingerprint density at radius 2 is 1.65 bits per heavy atom. The summed E-state index contributed by atoms with van der Waals surface area (Å²) in [5.74, 6) is -2.16. The second-order valence-electron chi connectivity index (χ2n) is 7.39. The molecule has 7 nitrogen and oxygen atoms in total. The number of amides is 3. The third kappa shape index (κ3) is 5.08. The summed E-state index contributed by atoms with van der Waals surface area (Å²) >= 11 is 12.1.